The van der Waals surface area contributed by atoms with Gasteiger partial charge in [-0.05, 0) is 43.0 Å². The number of aliphatic carboxylic acids is 1. The van der Waals surface area contributed by atoms with Crippen molar-refractivity contribution in [3.63, 3.8) is 0 Å². The molecular weight excluding hydrogens is 354 g/mol. The Bertz CT molecular complexity index is 721. The number of hydrogen-bond donors (Lipinski definition) is 3. The number of rotatable bonds is 10. The normalized spacial score (nSPS) is 11.9. The molecule has 2 aromatic rings. The zero-order valence-corrected chi connectivity index (χ0v) is 15.5. The molecule has 26 heavy (non-hydrogen) atoms. The standard InChI is InChI=1S/C20H24ClNO4/c1-2-26-18-12-15(11-17(21)20(18)25)13-22-16(8-9-19(23)24)10-14-6-4-3-5-7-14/h3-7,11-12,16,22,25H,2,8-10,13H2,1H3,(H,23,24). The van der Waals surface area contributed by atoms with Gasteiger partial charge in [-0.3, -0.25) is 4.79 Å². The maximum atomic E-state index is 10.9. The van der Waals surface area contributed by atoms with Gasteiger partial charge < -0.3 is 20.3 Å². The highest BCUT2D eigenvalue weighted by atomic mass is 35.5. The van der Waals surface area contributed by atoms with Crippen molar-refractivity contribution in [1.29, 1.82) is 0 Å². The molecule has 0 aromatic heterocycles. The number of aromatic hydroxyl groups is 1. The number of halogens is 1. The number of carboxylic acid groups (broad SMARTS) is 1. The molecule has 0 radical (unpaired) electrons. The lowest BCUT2D eigenvalue weighted by molar-refractivity contribution is -0.137. The Balaban J connectivity index is 2.06. The Hall–Kier alpha value is -2.24. The van der Waals surface area contributed by atoms with Crippen molar-refractivity contribution in [3.8, 4) is 11.5 Å². The van der Waals surface area contributed by atoms with Crippen molar-refractivity contribution in [3.05, 3.63) is 58.6 Å². The molecule has 5 nitrogen and oxygen atoms in total. The fourth-order valence-electron chi connectivity index (χ4n) is 2.73. The molecule has 0 fully saturated rings. The van der Waals surface area contributed by atoms with Crippen LogP contribution in [0.15, 0.2) is 42.5 Å². The summed E-state index contributed by atoms with van der Waals surface area (Å²) in [7, 11) is 0. The van der Waals surface area contributed by atoms with Gasteiger partial charge in [0.25, 0.3) is 0 Å². The van der Waals surface area contributed by atoms with Crippen LogP contribution >= 0.6 is 11.6 Å². The third-order valence-electron chi connectivity index (χ3n) is 4.01. The van der Waals surface area contributed by atoms with E-state index < -0.39 is 5.97 Å². The molecular formula is C20H24ClNO4. The van der Waals surface area contributed by atoms with Crippen LogP contribution in [0.4, 0.5) is 0 Å². The second-order valence-corrected chi connectivity index (χ2v) is 6.46. The molecule has 0 amide bonds. The molecule has 3 N–H and O–H groups in total. The van der Waals surface area contributed by atoms with E-state index in [0.717, 1.165) is 17.5 Å². The highest BCUT2D eigenvalue weighted by Crippen LogP contribution is 2.35. The summed E-state index contributed by atoms with van der Waals surface area (Å²) in [6, 6.07) is 13.4. The van der Waals surface area contributed by atoms with E-state index in [4.69, 9.17) is 21.4 Å². The van der Waals surface area contributed by atoms with Crippen molar-refractivity contribution in [2.24, 2.45) is 0 Å². The van der Waals surface area contributed by atoms with Crippen LogP contribution < -0.4 is 10.1 Å². The smallest absolute Gasteiger partial charge is 0.303 e. The molecule has 2 rings (SSSR count). The molecule has 0 aliphatic rings. The Morgan fingerprint density at radius 2 is 1.96 bits per heavy atom. The molecule has 0 saturated heterocycles. The van der Waals surface area contributed by atoms with Crippen LogP contribution in [0, 0.1) is 0 Å². The third kappa shape index (κ3) is 6.24. The molecule has 0 heterocycles. The predicted octanol–water partition coefficient (Wildman–Crippen LogP) is 4.01. The van der Waals surface area contributed by atoms with Crippen molar-refractivity contribution < 1.29 is 19.7 Å². The average Bonchev–Trinajstić information content (AvgIpc) is 2.62. The summed E-state index contributed by atoms with van der Waals surface area (Å²) in [5.41, 5.74) is 2.01. The fraction of sp³-hybridized carbons (Fsp3) is 0.350. The predicted molar refractivity (Wildman–Crippen MR) is 102 cm³/mol. The summed E-state index contributed by atoms with van der Waals surface area (Å²) >= 11 is 6.07. The van der Waals surface area contributed by atoms with Gasteiger partial charge in [0.05, 0.1) is 11.6 Å². The van der Waals surface area contributed by atoms with E-state index in [2.05, 4.69) is 5.32 Å². The van der Waals surface area contributed by atoms with Gasteiger partial charge in [-0.15, -0.1) is 0 Å². The summed E-state index contributed by atoms with van der Waals surface area (Å²) in [5, 5.41) is 22.5. The highest BCUT2D eigenvalue weighted by Gasteiger charge is 2.14. The fourth-order valence-corrected chi connectivity index (χ4v) is 2.96. The summed E-state index contributed by atoms with van der Waals surface area (Å²) in [4.78, 5) is 10.9. The van der Waals surface area contributed by atoms with Crippen LogP contribution in [0.3, 0.4) is 0 Å². The minimum absolute atomic E-state index is 0.0108. The second kappa shape index (κ2) is 10.0. The lowest BCUT2D eigenvalue weighted by atomic mass is 10.0. The minimum atomic E-state index is -0.809. The van der Waals surface area contributed by atoms with E-state index in [0.29, 0.717) is 25.3 Å². The SMILES string of the molecule is CCOc1cc(CNC(CCC(=O)O)Cc2ccccc2)cc(Cl)c1O. The van der Waals surface area contributed by atoms with Gasteiger partial charge in [0, 0.05) is 19.0 Å². The summed E-state index contributed by atoms with van der Waals surface area (Å²) in [5.74, 6) is -0.526. The topological polar surface area (TPSA) is 78.8 Å². The van der Waals surface area contributed by atoms with Crippen LogP contribution in [-0.4, -0.2) is 28.8 Å². The van der Waals surface area contributed by atoms with Gasteiger partial charge in [0.1, 0.15) is 0 Å². The molecule has 140 valence electrons. The lowest BCUT2D eigenvalue weighted by Gasteiger charge is -2.19. The van der Waals surface area contributed by atoms with Gasteiger partial charge in [0.15, 0.2) is 11.5 Å². The van der Waals surface area contributed by atoms with Gasteiger partial charge in [-0.1, -0.05) is 41.9 Å². The van der Waals surface area contributed by atoms with Crippen LogP contribution in [0.5, 0.6) is 11.5 Å². The maximum Gasteiger partial charge on any atom is 0.303 e. The number of ether oxygens (including phenoxy) is 1. The number of phenolic OH excluding ortho intramolecular Hbond substituents is 1. The number of phenols is 1. The molecule has 6 heteroatoms. The molecule has 0 aliphatic heterocycles. The van der Waals surface area contributed by atoms with E-state index in [9.17, 15) is 9.90 Å². The van der Waals surface area contributed by atoms with Crippen LogP contribution in [-0.2, 0) is 17.8 Å². The monoisotopic (exact) mass is 377 g/mol. The van der Waals surface area contributed by atoms with Crippen LogP contribution in [0.2, 0.25) is 5.02 Å². The van der Waals surface area contributed by atoms with Crippen LogP contribution in [0.25, 0.3) is 0 Å². The van der Waals surface area contributed by atoms with E-state index in [1.54, 1.807) is 12.1 Å². The molecule has 0 saturated carbocycles. The zero-order valence-electron chi connectivity index (χ0n) is 14.7. The van der Waals surface area contributed by atoms with Crippen molar-refractivity contribution >= 4 is 17.6 Å². The largest absolute Gasteiger partial charge is 0.503 e. The quantitative estimate of drug-likeness (QED) is 0.583. The first kappa shape index (κ1) is 20.1. The van der Waals surface area contributed by atoms with E-state index in [1.165, 1.54) is 0 Å². The first-order chi connectivity index (χ1) is 12.5. The Morgan fingerprint density at radius 3 is 2.62 bits per heavy atom. The van der Waals surface area contributed by atoms with Gasteiger partial charge >= 0.3 is 5.97 Å². The molecule has 1 unspecified atom stereocenters. The summed E-state index contributed by atoms with van der Waals surface area (Å²) < 4.78 is 5.40. The molecule has 2 aromatic carbocycles. The third-order valence-corrected chi connectivity index (χ3v) is 4.30. The van der Waals surface area contributed by atoms with Crippen molar-refractivity contribution in [2.45, 2.75) is 38.8 Å². The van der Waals surface area contributed by atoms with E-state index in [1.807, 2.05) is 37.3 Å². The minimum Gasteiger partial charge on any atom is -0.503 e. The molecule has 0 aliphatic carbocycles. The van der Waals surface area contributed by atoms with Crippen molar-refractivity contribution in [2.75, 3.05) is 6.61 Å². The Kier molecular flexibility index (Phi) is 7.75. The first-order valence-corrected chi connectivity index (χ1v) is 9.00. The Morgan fingerprint density at radius 1 is 1.23 bits per heavy atom. The maximum absolute atomic E-state index is 10.9. The van der Waals surface area contributed by atoms with Crippen molar-refractivity contribution in [1.82, 2.24) is 5.32 Å². The van der Waals surface area contributed by atoms with Gasteiger partial charge in [-0.2, -0.15) is 0 Å². The first-order valence-electron chi connectivity index (χ1n) is 8.62. The van der Waals surface area contributed by atoms with Crippen LogP contribution in [0.1, 0.15) is 30.9 Å². The lowest BCUT2D eigenvalue weighted by Crippen LogP contribution is -2.31. The number of nitrogens with one attached hydrogen (secondary N) is 1. The van der Waals surface area contributed by atoms with Gasteiger partial charge in [0.2, 0.25) is 0 Å². The van der Waals surface area contributed by atoms with E-state index in [-0.39, 0.29) is 23.2 Å². The molecule has 0 bridgehead atoms. The number of hydrogen-bond acceptors (Lipinski definition) is 4. The summed E-state index contributed by atoms with van der Waals surface area (Å²) in [6.45, 7) is 2.76. The Labute approximate surface area is 158 Å². The highest BCUT2D eigenvalue weighted by molar-refractivity contribution is 6.32. The number of benzene rings is 2. The van der Waals surface area contributed by atoms with E-state index >= 15 is 0 Å². The van der Waals surface area contributed by atoms with Gasteiger partial charge in [-0.25, -0.2) is 0 Å². The number of carboxylic acids is 1. The second-order valence-electron chi connectivity index (χ2n) is 6.06. The number of carbonyl (C=O) groups is 1. The average molecular weight is 378 g/mol. The molecule has 1 atom stereocenters. The zero-order chi connectivity index (χ0) is 18.9. The molecule has 0 spiro atoms. The summed E-state index contributed by atoms with van der Waals surface area (Å²) in [6.07, 6.45) is 1.36.